The summed E-state index contributed by atoms with van der Waals surface area (Å²) in [7, 11) is 0. The smallest absolute Gasteiger partial charge is 0.188 e. The van der Waals surface area contributed by atoms with Crippen LogP contribution in [-0.4, -0.2) is 0 Å². The number of pyridine rings is 1. The van der Waals surface area contributed by atoms with E-state index in [1.807, 2.05) is 0 Å². The molecule has 0 saturated carbocycles. The van der Waals surface area contributed by atoms with Gasteiger partial charge in [0.1, 0.15) is 0 Å². The summed E-state index contributed by atoms with van der Waals surface area (Å²) in [6.07, 6.45) is 4.45. The molecule has 0 N–H and O–H groups in total. The minimum Gasteiger partial charge on any atom is -0.188 e. The molecule has 1 aliphatic carbocycles. The first kappa shape index (κ1) is 19.8. The number of hydrogen-bond donors (Lipinski definition) is 0. The van der Waals surface area contributed by atoms with E-state index in [2.05, 4.69) is 109 Å². The molecule has 0 bridgehead atoms. The third-order valence-corrected chi connectivity index (χ3v) is 6.77. The Morgan fingerprint density at radius 2 is 1.29 bits per heavy atom. The summed E-state index contributed by atoms with van der Waals surface area (Å²) in [4.78, 5) is 0. The van der Waals surface area contributed by atoms with Gasteiger partial charge in [0.15, 0.2) is 6.04 Å². The molecule has 1 aromatic heterocycles. The van der Waals surface area contributed by atoms with Gasteiger partial charge in [-0.25, -0.2) is 0 Å². The Hall–Kier alpha value is -3.19. The molecule has 1 heteroatoms. The lowest BCUT2D eigenvalue weighted by atomic mass is 9.83. The number of nitrogens with zero attached hydrogens (tertiary/aromatic N) is 1. The van der Waals surface area contributed by atoms with Gasteiger partial charge in [-0.05, 0) is 47.7 Å². The van der Waals surface area contributed by atoms with Crippen molar-refractivity contribution in [1.82, 2.24) is 0 Å². The van der Waals surface area contributed by atoms with Crippen LogP contribution in [0.5, 0.6) is 0 Å². The molecule has 0 saturated heterocycles. The predicted molar refractivity (Wildman–Crippen MR) is 130 cm³/mol. The second-order valence-corrected chi connectivity index (χ2v) is 8.50. The standard InChI is InChI=1S/C30H30N/c1-3-25(4-2)31-29(24-16-9-6-10-17-24)21-28(22-13-7-5-8-14-22)27-20-19-23-15-11-12-18-26(23)30(27)31/h5-18,21,25H,3-4,19-20H2,1-2H3/q+1. The fourth-order valence-electron chi connectivity index (χ4n) is 5.20. The van der Waals surface area contributed by atoms with Gasteiger partial charge in [0.2, 0.25) is 11.4 Å². The van der Waals surface area contributed by atoms with Crippen LogP contribution < -0.4 is 4.57 Å². The number of fused-ring (bicyclic) bond motifs is 3. The predicted octanol–water partition coefficient (Wildman–Crippen LogP) is 7.43. The molecule has 5 rings (SSSR count). The molecule has 4 aromatic rings. The number of aromatic nitrogens is 1. The maximum Gasteiger partial charge on any atom is 0.217 e. The van der Waals surface area contributed by atoms with Crippen LogP contribution in [0.2, 0.25) is 0 Å². The van der Waals surface area contributed by atoms with Crippen molar-refractivity contribution in [3.05, 3.63) is 102 Å². The van der Waals surface area contributed by atoms with Crippen LogP contribution in [0.15, 0.2) is 91.0 Å². The minimum atomic E-state index is 0.472. The van der Waals surface area contributed by atoms with Crippen LogP contribution in [0.25, 0.3) is 33.6 Å². The summed E-state index contributed by atoms with van der Waals surface area (Å²) in [5.74, 6) is 0. The summed E-state index contributed by atoms with van der Waals surface area (Å²) in [6, 6.07) is 33.8. The van der Waals surface area contributed by atoms with E-state index in [9.17, 15) is 0 Å². The molecule has 0 atom stereocenters. The summed E-state index contributed by atoms with van der Waals surface area (Å²) in [5, 5.41) is 0. The van der Waals surface area contributed by atoms with E-state index in [1.165, 1.54) is 44.8 Å². The molecule has 3 aromatic carbocycles. The summed E-state index contributed by atoms with van der Waals surface area (Å²) in [6.45, 7) is 4.64. The van der Waals surface area contributed by atoms with E-state index in [4.69, 9.17) is 0 Å². The van der Waals surface area contributed by atoms with Crippen molar-refractivity contribution in [3.63, 3.8) is 0 Å². The minimum absolute atomic E-state index is 0.472. The van der Waals surface area contributed by atoms with Crippen molar-refractivity contribution < 1.29 is 4.57 Å². The van der Waals surface area contributed by atoms with E-state index in [0.717, 1.165) is 25.7 Å². The van der Waals surface area contributed by atoms with E-state index in [-0.39, 0.29) is 0 Å². The van der Waals surface area contributed by atoms with E-state index < -0.39 is 0 Å². The third-order valence-electron chi connectivity index (χ3n) is 6.77. The Morgan fingerprint density at radius 1 is 0.677 bits per heavy atom. The SMILES string of the molecule is CCC(CC)[n+]1c(-c2ccccc2)cc(-c2ccccc2)c2c1-c1ccccc1CC2. The zero-order valence-corrected chi connectivity index (χ0v) is 18.5. The van der Waals surface area contributed by atoms with Gasteiger partial charge in [0.05, 0.1) is 0 Å². The monoisotopic (exact) mass is 404 g/mol. The van der Waals surface area contributed by atoms with Gasteiger partial charge in [-0.3, -0.25) is 0 Å². The van der Waals surface area contributed by atoms with Gasteiger partial charge in [-0.15, -0.1) is 0 Å². The van der Waals surface area contributed by atoms with Crippen LogP contribution >= 0.6 is 0 Å². The topological polar surface area (TPSA) is 3.88 Å². The lowest BCUT2D eigenvalue weighted by Gasteiger charge is -2.25. The highest BCUT2D eigenvalue weighted by Gasteiger charge is 2.34. The Labute approximate surface area is 186 Å². The van der Waals surface area contributed by atoms with Crippen LogP contribution in [0.1, 0.15) is 43.9 Å². The summed E-state index contributed by atoms with van der Waals surface area (Å²) < 4.78 is 2.66. The Kier molecular flexibility index (Phi) is 5.42. The zero-order chi connectivity index (χ0) is 21.2. The summed E-state index contributed by atoms with van der Waals surface area (Å²) in [5.41, 5.74) is 11.1. The van der Waals surface area contributed by atoms with Crippen molar-refractivity contribution in [2.45, 2.75) is 45.6 Å². The lowest BCUT2D eigenvalue weighted by molar-refractivity contribution is -0.703. The van der Waals surface area contributed by atoms with Gasteiger partial charge in [-0.2, -0.15) is 4.57 Å². The highest BCUT2D eigenvalue weighted by molar-refractivity contribution is 5.80. The van der Waals surface area contributed by atoms with Gasteiger partial charge in [0, 0.05) is 35.6 Å². The average Bonchev–Trinajstić information content (AvgIpc) is 2.85. The second kappa shape index (κ2) is 8.51. The van der Waals surface area contributed by atoms with E-state index in [0.29, 0.717) is 6.04 Å². The molecule has 1 aliphatic rings. The Morgan fingerprint density at radius 3 is 1.97 bits per heavy atom. The molecule has 154 valence electrons. The molecule has 31 heavy (non-hydrogen) atoms. The molecular formula is C30H30N+. The zero-order valence-electron chi connectivity index (χ0n) is 18.5. The molecule has 0 radical (unpaired) electrons. The van der Waals surface area contributed by atoms with Crippen molar-refractivity contribution in [2.24, 2.45) is 0 Å². The second-order valence-electron chi connectivity index (χ2n) is 8.50. The average molecular weight is 405 g/mol. The number of rotatable bonds is 5. The van der Waals surface area contributed by atoms with E-state index >= 15 is 0 Å². The van der Waals surface area contributed by atoms with Crippen LogP contribution in [0.4, 0.5) is 0 Å². The van der Waals surface area contributed by atoms with Gasteiger partial charge < -0.3 is 0 Å². The van der Waals surface area contributed by atoms with Crippen molar-refractivity contribution >= 4 is 0 Å². The van der Waals surface area contributed by atoms with Crippen LogP contribution in [0, 0.1) is 0 Å². The van der Waals surface area contributed by atoms with Crippen molar-refractivity contribution in [3.8, 4) is 33.6 Å². The van der Waals surface area contributed by atoms with Crippen molar-refractivity contribution in [1.29, 1.82) is 0 Å². The normalized spacial score (nSPS) is 12.5. The molecular weight excluding hydrogens is 374 g/mol. The lowest BCUT2D eigenvalue weighted by Crippen LogP contribution is -2.45. The molecule has 0 amide bonds. The molecule has 0 fully saturated rings. The highest BCUT2D eigenvalue weighted by atomic mass is 15.0. The molecule has 1 heterocycles. The van der Waals surface area contributed by atoms with Gasteiger partial charge in [0.25, 0.3) is 0 Å². The molecule has 0 spiro atoms. The van der Waals surface area contributed by atoms with Gasteiger partial charge >= 0.3 is 0 Å². The highest BCUT2D eigenvalue weighted by Crippen LogP contribution is 2.40. The largest absolute Gasteiger partial charge is 0.217 e. The number of hydrogen-bond acceptors (Lipinski definition) is 0. The first-order valence-electron chi connectivity index (χ1n) is 11.6. The summed E-state index contributed by atoms with van der Waals surface area (Å²) >= 11 is 0. The van der Waals surface area contributed by atoms with Gasteiger partial charge in [-0.1, -0.05) is 80.6 Å². The maximum absolute atomic E-state index is 2.66. The van der Waals surface area contributed by atoms with Crippen molar-refractivity contribution in [2.75, 3.05) is 0 Å². The Bertz CT molecular complexity index is 1190. The number of benzene rings is 3. The van der Waals surface area contributed by atoms with Crippen LogP contribution in [-0.2, 0) is 12.8 Å². The first-order valence-corrected chi connectivity index (χ1v) is 11.6. The Balaban J connectivity index is 1.92. The first-order chi connectivity index (χ1) is 15.3. The fourth-order valence-corrected chi connectivity index (χ4v) is 5.20. The number of aryl methyl sites for hydroxylation is 1. The van der Waals surface area contributed by atoms with Crippen LogP contribution in [0.3, 0.4) is 0 Å². The maximum atomic E-state index is 2.66. The fraction of sp³-hybridized carbons (Fsp3) is 0.233. The third kappa shape index (κ3) is 3.49. The molecule has 1 nitrogen and oxygen atoms in total. The molecule has 0 aliphatic heterocycles. The molecule has 0 unspecified atom stereocenters. The quantitative estimate of drug-likeness (QED) is 0.304. The van der Waals surface area contributed by atoms with E-state index in [1.54, 1.807) is 0 Å².